The molecular weight excluding hydrogens is 321 g/mol. The van der Waals surface area contributed by atoms with Crippen LogP contribution in [0.1, 0.15) is 18.4 Å². The summed E-state index contributed by atoms with van der Waals surface area (Å²) >= 11 is 1.35. The molecule has 1 fully saturated rings. The molecule has 0 bridgehead atoms. The van der Waals surface area contributed by atoms with Crippen LogP contribution in [-0.2, 0) is 17.0 Å². The Morgan fingerprint density at radius 3 is 2.67 bits per heavy atom. The number of rotatable bonds is 2. The summed E-state index contributed by atoms with van der Waals surface area (Å²) in [4.78, 5) is 4.23. The molecule has 1 N–H and O–H groups in total. The molecule has 0 aliphatic carbocycles. The highest BCUT2D eigenvalue weighted by Gasteiger charge is 2.30. The number of anilines is 1. The van der Waals surface area contributed by atoms with Crippen LogP contribution in [0.25, 0.3) is 10.2 Å². The summed E-state index contributed by atoms with van der Waals surface area (Å²) in [5, 5.41) is 3.87. The lowest BCUT2D eigenvalue weighted by molar-refractivity contribution is -0.137. The van der Waals surface area contributed by atoms with Gasteiger partial charge in [0.05, 0.1) is 15.8 Å². The second-order valence-electron chi connectivity index (χ2n) is 4.97. The number of alkyl halides is 3. The van der Waals surface area contributed by atoms with Gasteiger partial charge in [0, 0.05) is 28.3 Å². The van der Waals surface area contributed by atoms with Crippen LogP contribution in [0, 0.1) is 0 Å². The molecule has 0 saturated carbocycles. The van der Waals surface area contributed by atoms with Crippen molar-refractivity contribution in [3.63, 3.8) is 0 Å². The maximum absolute atomic E-state index is 12.7. The summed E-state index contributed by atoms with van der Waals surface area (Å²) in [7, 11) is -0.729. The first-order valence-corrected chi connectivity index (χ1v) is 8.81. The monoisotopic (exact) mass is 334 g/mol. The summed E-state index contributed by atoms with van der Waals surface area (Å²) in [6, 6.07) is 3.81. The second-order valence-corrected chi connectivity index (χ2v) is 7.69. The molecule has 2 aromatic rings. The van der Waals surface area contributed by atoms with Crippen molar-refractivity contribution in [1.29, 1.82) is 0 Å². The lowest BCUT2D eigenvalue weighted by Gasteiger charge is -2.21. The first-order valence-electron chi connectivity index (χ1n) is 6.51. The van der Waals surface area contributed by atoms with Gasteiger partial charge in [-0.15, -0.1) is 0 Å². The van der Waals surface area contributed by atoms with Gasteiger partial charge in [-0.25, -0.2) is 4.98 Å². The fraction of sp³-hybridized carbons (Fsp3) is 0.462. The molecule has 21 heavy (non-hydrogen) atoms. The van der Waals surface area contributed by atoms with Crippen LogP contribution < -0.4 is 5.32 Å². The SMILES string of the molecule is O=S1CCC(Nc2nc3cc(C(F)(F)F)ccc3s2)CC1. The summed E-state index contributed by atoms with van der Waals surface area (Å²) < 4.78 is 50.0. The molecule has 0 amide bonds. The lowest BCUT2D eigenvalue weighted by Crippen LogP contribution is -2.29. The first kappa shape index (κ1) is 14.8. The van der Waals surface area contributed by atoms with Gasteiger partial charge in [0.2, 0.25) is 0 Å². The van der Waals surface area contributed by atoms with Crippen LogP contribution in [0.15, 0.2) is 18.2 Å². The number of aromatic nitrogens is 1. The Morgan fingerprint density at radius 1 is 1.29 bits per heavy atom. The van der Waals surface area contributed by atoms with Gasteiger partial charge in [-0.2, -0.15) is 13.2 Å². The van der Waals surface area contributed by atoms with Crippen LogP contribution in [0.4, 0.5) is 18.3 Å². The molecule has 8 heteroatoms. The molecule has 0 spiro atoms. The zero-order valence-electron chi connectivity index (χ0n) is 10.9. The Labute approximate surface area is 126 Å². The van der Waals surface area contributed by atoms with Crippen molar-refractivity contribution in [2.75, 3.05) is 16.8 Å². The van der Waals surface area contributed by atoms with E-state index in [0.717, 1.165) is 29.7 Å². The van der Waals surface area contributed by atoms with Crippen LogP contribution in [0.2, 0.25) is 0 Å². The van der Waals surface area contributed by atoms with Crippen LogP contribution in [-0.4, -0.2) is 26.7 Å². The van der Waals surface area contributed by atoms with E-state index in [1.54, 1.807) is 0 Å². The van der Waals surface area contributed by atoms with E-state index in [4.69, 9.17) is 0 Å². The van der Waals surface area contributed by atoms with Crippen molar-refractivity contribution in [3.8, 4) is 0 Å². The fourth-order valence-corrected chi connectivity index (χ4v) is 4.50. The molecular formula is C13H13F3N2OS2. The molecule has 1 saturated heterocycles. The molecule has 1 aromatic heterocycles. The van der Waals surface area contributed by atoms with Gasteiger partial charge in [-0.05, 0) is 31.0 Å². The topological polar surface area (TPSA) is 42.0 Å². The molecule has 0 radical (unpaired) electrons. The number of hydrogen-bond acceptors (Lipinski definition) is 4. The van der Waals surface area contributed by atoms with Crippen molar-refractivity contribution >= 4 is 37.5 Å². The number of halogens is 3. The minimum atomic E-state index is -4.35. The zero-order chi connectivity index (χ0) is 15.0. The number of benzene rings is 1. The smallest absolute Gasteiger partial charge is 0.359 e. The van der Waals surface area contributed by atoms with Crippen molar-refractivity contribution in [1.82, 2.24) is 4.98 Å². The van der Waals surface area contributed by atoms with Crippen LogP contribution in [0.3, 0.4) is 0 Å². The van der Waals surface area contributed by atoms with E-state index in [9.17, 15) is 17.4 Å². The van der Waals surface area contributed by atoms with E-state index < -0.39 is 22.5 Å². The van der Waals surface area contributed by atoms with E-state index in [2.05, 4.69) is 10.3 Å². The molecule has 1 aromatic carbocycles. The van der Waals surface area contributed by atoms with E-state index in [-0.39, 0.29) is 6.04 Å². The molecule has 3 nitrogen and oxygen atoms in total. The lowest BCUT2D eigenvalue weighted by atomic mass is 10.2. The number of nitrogens with one attached hydrogen (secondary N) is 1. The first-order chi connectivity index (χ1) is 9.91. The molecule has 2 heterocycles. The van der Waals surface area contributed by atoms with Crippen LogP contribution >= 0.6 is 11.3 Å². The highest BCUT2D eigenvalue weighted by atomic mass is 32.2. The van der Waals surface area contributed by atoms with Gasteiger partial charge in [0.15, 0.2) is 5.13 Å². The van der Waals surface area contributed by atoms with Crippen molar-refractivity contribution in [3.05, 3.63) is 23.8 Å². The predicted octanol–water partition coefficient (Wildman–Crippen LogP) is 3.64. The normalized spacial score (nSPS) is 23.4. The number of thiazole rings is 1. The molecule has 0 atom stereocenters. The van der Waals surface area contributed by atoms with Crippen molar-refractivity contribution in [2.24, 2.45) is 0 Å². The Kier molecular flexibility index (Phi) is 3.92. The summed E-state index contributed by atoms with van der Waals surface area (Å²) in [5.41, 5.74) is -0.323. The van der Waals surface area contributed by atoms with Gasteiger partial charge >= 0.3 is 6.18 Å². The zero-order valence-corrected chi connectivity index (χ0v) is 12.6. The van der Waals surface area contributed by atoms with E-state index in [1.165, 1.54) is 17.4 Å². The summed E-state index contributed by atoms with van der Waals surface area (Å²) in [6.45, 7) is 0. The number of fused-ring (bicyclic) bond motifs is 1. The minimum absolute atomic E-state index is 0.199. The molecule has 1 aliphatic rings. The molecule has 114 valence electrons. The quantitative estimate of drug-likeness (QED) is 0.912. The Hall–Kier alpha value is -1.15. The van der Waals surface area contributed by atoms with Gasteiger partial charge in [-0.1, -0.05) is 11.3 Å². The third-order valence-electron chi connectivity index (χ3n) is 3.43. The van der Waals surface area contributed by atoms with E-state index in [1.807, 2.05) is 0 Å². The third-order valence-corrected chi connectivity index (χ3v) is 5.78. The average molecular weight is 334 g/mol. The second kappa shape index (κ2) is 5.57. The number of hydrogen-bond donors (Lipinski definition) is 1. The Balaban J connectivity index is 1.79. The maximum atomic E-state index is 12.7. The highest BCUT2D eigenvalue weighted by Crippen LogP contribution is 2.34. The number of nitrogens with zero attached hydrogens (tertiary/aromatic N) is 1. The fourth-order valence-electron chi connectivity index (χ4n) is 2.28. The van der Waals surface area contributed by atoms with E-state index >= 15 is 0 Å². The summed E-state index contributed by atoms with van der Waals surface area (Å²) in [5.74, 6) is 1.33. The summed E-state index contributed by atoms with van der Waals surface area (Å²) in [6.07, 6.45) is -2.74. The largest absolute Gasteiger partial charge is 0.416 e. The minimum Gasteiger partial charge on any atom is -0.359 e. The predicted molar refractivity (Wildman–Crippen MR) is 79.1 cm³/mol. The Bertz CT molecular complexity index is 674. The third kappa shape index (κ3) is 3.37. The van der Waals surface area contributed by atoms with E-state index in [0.29, 0.717) is 22.2 Å². The maximum Gasteiger partial charge on any atom is 0.416 e. The van der Waals surface area contributed by atoms with Gasteiger partial charge in [-0.3, -0.25) is 4.21 Å². The Morgan fingerprint density at radius 2 is 2.00 bits per heavy atom. The molecule has 0 unspecified atom stereocenters. The van der Waals surface area contributed by atoms with Crippen LogP contribution in [0.5, 0.6) is 0 Å². The van der Waals surface area contributed by atoms with Gasteiger partial charge < -0.3 is 5.32 Å². The average Bonchev–Trinajstić information content (AvgIpc) is 2.81. The van der Waals surface area contributed by atoms with Gasteiger partial charge in [0.25, 0.3) is 0 Å². The standard InChI is InChI=1S/C13H13F3N2OS2/c14-13(15,16)8-1-2-11-10(7-8)18-12(20-11)17-9-3-5-21(19)6-4-9/h1-2,7,9H,3-6H2,(H,17,18). The van der Waals surface area contributed by atoms with Crippen molar-refractivity contribution < 1.29 is 17.4 Å². The van der Waals surface area contributed by atoms with Crippen molar-refractivity contribution in [2.45, 2.75) is 25.1 Å². The molecule has 3 rings (SSSR count). The highest BCUT2D eigenvalue weighted by molar-refractivity contribution is 7.85. The molecule has 1 aliphatic heterocycles. The van der Waals surface area contributed by atoms with Gasteiger partial charge in [0.1, 0.15) is 0 Å².